The fourth-order valence-electron chi connectivity index (χ4n) is 2.82. The molecule has 1 aromatic heterocycles. The maximum atomic E-state index is 12.4. The van der Waals surface area contributed by atoms with Gasteiger partial charge < -0.3 is 14.8 Å². The summed E-state index contributed by atoms with van der Waals surface area (Å²) in [6.07, 6.45) is 1.40. The van der Waals surface area contributed by atoms with E-state index in [4.69, 9.17) is 9.47 Å². The Morgan fingerprint density at radius 3 is 2.77 bits per heavy atom. The lowest BCUT2D eigenvalue weighted by Crippen LogP contribution is -2.15. The van der Waals surface area contributed by atoms with Gasteiger partial charge in [-0.25, -0.2) is 0 Å². The van der Waals surface area contributed by atoms with Gasteiger partial charge in [0, 0.05) is 17.1 Å². The smallest absolute Gasteiger partial charge is 0.234 e. The molecule has 2 aromatic carbocycles. The van der Waals surface area contributed by atoms with E-state index in [2.05, 4.69) is 38.0 Å². The Labute approximate surface area is 194 Å². The Balaban J connectivity index is 1.68. The number of nitrogens with one attached hydrogen (secondary N) is 1. The van der Waals surface area contributed by atoms with Gasteiger partial charge in [0.05, 0.1) is 18.6 Å². The van der Waals surface area contributed by atoms with Gasteiger partial charge in [-0.2, -0.15) is 0 Å². The van der Waals surface area contributed by atoms with E-state index in [0.29, 0.717) is 29.0 Å². The number of carbonyl (C=O) groups excluding carboxylic acids is 1. The maximum Gasteiger partial charge on any atom is 0.234 e. The molecule has 0 aliphatic rings. The molecule has 3 rings (SSSR count). The molecule has 7 nitrogen and oxygen atoms in total. The summed E-state index contributed by atoms with van der Waals surface area (Å²) >= 11 is 4.74. The van der Waals surface area contributed by atoms with Crippen LogP contribution in [0, 0.1) is 0 Å². The number of amides is 1. The SMILES string of the molecule is C=CCn1c(SCC(=O)Nc2ccccc2Br)nnc1C(C)Oc1cccc(OC)c1. The molecule has 31 heavy (non-hydrogen) atoms. The van der Waals surface area contributed by atoms with Crippen molar-refractivity contribution in [2.24, 2.45) is 0 Å². The molecule has 0 saturated carbocycles. The summed E-state index contributed by atoms with van der Waals surface area (Å²) in [4.78, 5) is 12.4. The topological polar surface area (TPSA) is 78.3 Å². The van der Waals surface area contributed by atoms with Crippen molar-refractivity contribution in [1.29, 1.82) is 0 Å². The van der Waals surface area contributed by atoms with Crippen molar-refractivity contribution in [3.05, 3.63) is 71.5 Å². The second kappa shape index (κ2) is 11.0. The van der Waals surface area contributed by atoms with Crippen LogP contribution in [0.2, 0.25) is 0 Å². The Bertz CT molecular complexity index is 1060. The molecule has 1 amide bonds. The Kier molecular flexibility index (Phi) is 8.13. The second-order valence-corrected chi connectivity index (χ2v) is 8.29. The van der Waals surface area contributed by atoms with Crippen LogP contribution in [0.1, 0.15) is 18.9 Å². The number of methoxy groups -OCH3 is 1. The monoisotopic (exact) mass is 502 g/mol. The molecule has 0 bridgehead atoms. The van der Waals surface area contributed by atoms with Crippen molar-refractivity contribution >= 4 is 39.3 Å². The van der Waals surface area contributed by atoms with Crippen molar-refractivity contribution in [2.45, 2.75) is 24.7 Å². The van der Waals surface area contributed by atoms with Gasteiger partial charge in [-0.15, -0.1) is 16.8 Å². The first-order chi connectivity index (χ1) is 15.0. The van der Waals surface area contributed by atoms with Gasteiger partial charge in [-0.1, -0.05) is 36.0 Å². The van der Waals surface area contributed by atoms with Gasteiger partial charge in [0.25, 0.3) is 0 Å². The average molecular weight is 503 g/mol. The summed E-state index contributed by atoms with van der Waals surface area (Å²) in [6, 6.07) is 14.8. The van der Waals surface area contributed by atoms with Crippen LogP contribution in [-0.4, -0.2) is 33.5 Å². The molecule has 1 atom stereocenters. The molecule has 0 radical (unpaired) electrons. The molecule has 162 valence electrons. The molecule has 0 fully saturated rings. The number of ether oxygens (including phenoxy) is 2. The Morgan fingerprint density at radius 1 is 1.26 bits per heavy atom. The number of thioether (sulfide) groups is 1. The molecule has 0 aliphatic carbocycles. The Hall–Kier alpha value is -2.78. The molecule has 0 aliphatic heterocycles. The van der Waals surface area contributed by atoms with Crippen LogP contribution < -0.4 is 14.8 Å². The van der Waals surface area contributed by atoms with Crippen molar-refractivity contribution in [1.82, 2.24) is 14.8 Å². The highest BCUT2D eigenvalue weighted by Gasteiger charge is 2.20. The minimum absolute atomic E-state index is 0.132. The number of aromatic nitrogens is 3. The number of nitrogens with zero attached hydrogens (tertiary/aromatic N) is 3. The lowest BCUT2D eigenvalue weighted by Gasteiger charge is -2.16. The molecule has 3 aromatic rings. The highest BCUT2D eigenvalue weighted by molar-refractivity contribution is 9.10. The summed E-state index contributed by atoms with van der Waals surface area (Å²) in [5, 5.41) is 12.1. The van der Waals surface area contributed by atoms with Crippen molar-refractivity contribution < 1.29 is 14.3 Å². The summed E-state index contributed by atoms with van der Waals surface area (Å²) < 4.78 is 14.0. The van der Waals surface area contributed by atoms with E-state index in [1.165, 1.54) is 11.8 Å². The first-order valence-corrected chi connectivity index (χ1v) is 11.3. The van der Waals surface area contributed by atoms with Gasteiger partial charge in [-0.3, -0.25) is 9.36 Å². The van der Waals surface area contributed by atoms with Crippen molar-refractivity contribution in [3.63, 3.8) is 0 Å². The number of benzene rings is 2. The first-order valence-electron chi connectivity index (χ1n) is 9.53. The molecule has 9 heteroatoms. The average Bonchev–Trinajstić information content (AvgIpc) is 3.17. The van der Waals surface area contributed by atoms with E-state index in [1.807, 2.05) is 60.0 Å². The minimum atomic E-state index is -0.358. The fraction of sp³-hybridized carbons (Fsp3) is 0.227. The second-order valence-electron chi connectivity index (χ2n) is 6.50. The summed E-state index contributed by atoms with van der Waals surface area (Å²) in [5.74, 6) is 2.09. The van der Waals surface area contributed by atoms with E-state index < -0.39 is 0 Å². The molecule has 0 spiro atoms. The van der Waals surface area contributed by atoms with Crippen LogP contribution in [0.15, 0.2) is 70.8 Å². The van der Waals surface area contributed by atoms with Crippen molar-refractivity contribution in [3.8, 4) is 11.5 Å². The summed E-state index contributed by atoms with van der Waals surface area (Å²) in [5.41, 5.74) is 0.724. The third-order valence-corrected chi connectivity index (χ3v) is 5.91. The number of para-hydroxylation sites is 1. The van der Waals surface area contributed by atoms with Crippen LogP contribution in [0.25, 0.3) is 0 Å². The van der Waals surface area contributed by atoms with Gasteiger partial charge >= 0.3 is 0 Å². The largest absolute Gasteiger partial charge is 0.497 e. The van der Waals surface area contributed by atoms with Crippen LogP contribution >= 0.6 is 27.7 Å². The predicted molar refractivity (Wildman–Crippen MR) is 126 cm³/mol. The van der Waals surface area contributed by atoms with Crippen LogP contribution in [0.4, 0.5) is 5.69 Å². The summed E-state index contributed by atoms with van der Waals surface area (Å²) in [6.45, 7) is 6.22. The number of carbonyl (C=O) groups is 1. The molecular formula is C22H23BrN4O3S. The lowest BCUT2D eigenvalue weighted by molar-refractivity contribution is -0.113. The lowest BCUT2D eigenvalue weighted by atomic mass is 10.3. The van der Waals surface area contributed by atoms with Crippen LogP contribution in [0.3, 0.4) is 0 Å². The maximum absolute atomic E-state index is 12.4. The van der Waals surface area contributed by atoms with E-state index in [9.17, 15) is 4.79 Å². The number of rotatable bonds is 10. The predicted octanol–water partition coefficient (Wildman–Crippen LogP) is 5.11. The number of halogens is 1. The fourth-order valence-corrected chi connectivity index (χ4v) is 3.96. The van der Waals surface area contributed by atoms with Crippen molar-refractivity contribution in [2.75, 3.05) is 18.2 Å². The quantitative estimate of drug-likeness (QED) is 0.306. The minimum Gasteiger partial charge on any atom is -0.497 e. The van der Waals surface area contributed by atoms with E-state index in [0.717, 1.165) is 10.2 Å². The van der Waals surface area contributed by atoms with Gasteiger partial charge in [0.2, 0.25) is 5.91 Å². The van der Waals surface area contributed by atoms with E-state index in [1.54, 1.807) is 13.2 Å². The number of hydrogen-bond donors (Lipinski definition) is 1. The first kappa shape index (κ1) is 22.9. The molecule has 1 N–H and O–H groups in total. The Morgan fingerprint density at radius 2 is 2.03 bits per heavy atom. The standard InChI is InChI=1S/C22H23BrN4O3S/c1-4-12-27-21(15(2)30-17-9-7-8-16(13-17)29-3)25-26-22(27)31-14-20(28)24-19-11-6-5-10-18(19)23/h4-11,13,15H,1,12,14H2,2-3H3,(H,24,28). The molecular weight excluding hydrogens is 480 g/mol. The normalized spacial score (nSPS) is 11.6. The van der Waals surface area contributed by atoms with E-state index >= 15 is 0 Å². The highest BCUT2D eigenvalue weighted by atomic mass is 79.9. The van der Waals surface area contributed by atoms with Crippen LogP contribution in [0.5, 0.6) is 11.5 Å². The number of anilines is 1. The third kappa shape index (κ3) is 6.11. The van der Waals surface area contributed by atoms with Gasteiger partial charge in [-0.05, 0) is 47.1 Å². The van der Waals surface area contributed by atoms with Gasteiger partial charge in [0.1, 0.15) is 11.5 Å². The zero-order valence-corrected chi connectivity index (χ0v) is 19.6. The summed E-state index contributed by atoms with van der Waals surface area (Å²) in [7, 11) is 1.61. The third-order valence-electron chi connectivity index (χ3n) is 4.26. The van der Waals surface area contributed by atoms with Crippen LogP contribution in [-0.2, 0) is 11.3 Å². The number of allylic oxidation sites excluding steroid dienone is 1. The molecule has 0 saturated heterocycles. The van der Waals surface area contributed by atoms with E-state index in [-0.39, 0.29) is 17.8 Å². The zero-order valence-electron chi connectivity index (χ0n) is 17.2. The number of hydrogen-bond acceptors (Lipinski definition) is 6. The zero-order chi connectivity index (χ0) is 22.2. The molecule has 1 heterocycles. The highest BCUT2D eigenvalue weighted by Crippen LogP contribution is 2.27. The molecule has 1 unspecified atom stereocenters. The van der Waals surface area contributed by atoms with Gasteiger partial charge in [0.15, 0.2) is 17.1 Å².